The monoisotopic (exact) mass is 824 g/mol. The average molecular weight is 825 g/mol. The van der Waals surface area contributed by atoms with Crippen LogP contribution in [0.5, 0.6) is 0 Å². The SMILES string of the molecule is CCCCC(CC)(CCCN1C(=O)c2ccc3c4c(ccc(c24)C1=O)C(=O)N(C(CC)CC)C3=O)CN1C(=O)c2ccc3c4c(ccc(c24)C1=O)C(=O)N(C(CC)CC)C3=O. The Bertz CT molecular complexity index is 2480. The second-order valence-corrected chi connectivity index (χ2v) is 17.1. The van der Waals surface area contributed by atoms with E-state index in [-0.39, 0.29) is 47.4 Å². The molecule has 4 aliphatic rings. The first-order chi connectivity index (χ1) is 29.3. The molecule has 4 heterocycles. The average Bonchev–Trinajstić information content (AvgIpc) is 3.27. The highest BCUT2D eigenvalue weighted by molar-refractivity contribution is 6.34. The van der Waals surface area contributed by atoms with E-state index in [1.54, 1.807) is 48.5 Å². The van der Waals surface area contributed by atoms with Gasteiger partial charge in [0.1, 0.15) is 0 Å². The summed E-state index contributed by atoms with van der Waals surface area (Å²) in [4.78, 5) is 117. The van der Waals surface area contributed by atoms with Crippen molar-refractivity contribution in [2.75, 3.05) is 13.1 Å². The molecule has 4 aromatic carbocycles. The maximum Gasteiger partial charge on any atom is 0.261 e. The third-order valence-corrected chi connectivity index (χ3v) is 14.0. The van der Waals surface area contributed by atoms with Crippen LogP contribution < -0.4 is 0 Å². The molecule has 1 atom stereocenters. The maximum atomic E-state index is 14.4. The predicted molar refractivity (Wildman–Crippen MR) is 230 cm³/mol. The summed E-state index contributed by atoms with van der Waals surface area (Å²) in [6.45, 7) is 12.0. The summed E-state index contributed by atoms with van der Waals surface area (Å²) in [7, 11) is 0. The van der Waals surface area contributed by atoms with Gasteiger partial charge in [0.05, 0.1) is 0 Å². The number of imide groups is 4. The van der Waals surface area contributed by atoms with Crippen molar-refractivity contribution in [3.8, 4) is 0 Å². The first-order valence-electron chi connectivity index (χ1n) is 22.0. The first kappa shape index (κ1) is 41.7. The zero-order valence-corrected chi connectivity index (χ0v) is 35.8. The fraction of sp³-hybridized carbons (Fsp3) is 0.429. The fourth-order valence-electron chi connectivity index (χ4n) is 10.5. The zero-order chi connectivity index (χ0) is 43.7. The van der Waals surface area contributed by atoms with E-state index in [1.165, 1.54) is 19.6 Å². The molecule has 0 aliphatic carbocycles. The summed E-state index contributed by atoms with van der Waals surface area (Å²) in [5.41, 5.74) is 1.71. The summed E-state index contributed by atoms with van der Waals surface area (Å²) in [5, 5.41) is 1.36. The molecule has 0 aromatic heterocycles. The van der Waals surface area contributed by atoms with Gasteiger partial charge in [0.2, 0.25) is 0 Å². The molecule has 8 rings (SSSR count). The number of hydrogen-bond acceptors (Lipinski definition) is 8. The van der Waals surface area contributed by atoms with Crippen LogP contribution in [0.2, 0.25) is 0 Å². The molecule has 61 heavy (non-hydrogen) atoms. The normalized spacial score (nSPS) is 17.0. The van der Waals surface area contributed by atoms with Gasteiger partial charge in [-0.3, -0.25) is 58.0 Å². The predicted octanol–water partition coefficient (Wildman–Crippen LogP) is 8.82. The Kier molecular flexibility index (Phi) is 10.8. The second-order valence-electron chi connectivity index (χ2n) is 17.1. The number of carbonyl (C=O) groups is 8. The Hall–Kier alpha value is -6.04. The molecule has 0 saturated carbocycles. The lowest BCUT2D eigenvalue weighted by Gasteiger charge is -2.40. The van der Waals surface area contributed by atoms with E-state index in [2.05, 4.69) is 6.92 Å². The van der Waals surface area contributed by atoms with Gasteiger partial charge in [0.25, 0.3) is 47.3 Å². The zero-order valence-electron chi connectivity index (χ0n) is 35.8. The van der Waals surface area contributed by atoms with Gasteiger partial charge < -0.3 is 0 Å². The molecule has 4 aromatic rings. The Balaban J connectivity index is 1.06. The van der Waals surface area contributed by atoms with Gasteiger partial charge >= 0.3 is 0 Å². The van der Waals surface area contributed by atoms with Crippen LogP contribution in [0.25, 0.3) is 21.5 Å². The van der Waals surface area contributed by atoms with Crippen LogP contribution in [0.1, 0.15) is 189 Å². The molecule has 4 aliphatic heterocycles. The van der Waals surface area contributed by atoms with Crippen molar-refractivity contribution in [1.82, 2.24) is 19.6 Å². The van der Waals surface area contributed by atoms with Gasteiger partial charge in [-0.25, -0.2) is 0 Å². The highest BCUT2D eigenvalue weighted by atomic mass is 16.2. The Labute approximate surface area is 355 Å². The lowest BCUT2D eigenvalue weighted by atomic mass is 9.75. The number of nitrogens with zero attached hydrogens (tertiary/aromatic N) is 4. The van der Waals surface area contributed by atoms with Crippen LogP contribution in [0.15, 0.2) is 48.5 Å². The van der Waals surface area contributed by atoms with E-state index in [1.807, 2.05) is 34.6 Å². The molecule has 0 spiro atoms. The van der Waals surface area contributed by atoms with Crippen molar-refractivity contribution in [1.29, 1.82) is 0 Å². The molecule has 12 heteroatoms. The fourth-order valence-corrected chi connectivity index (χ4v) is 10.5. The Morgan fingerprint density at radius 1 is 0.410 bits per heavy atom. The van der Waals surface area contributed by atoms with E-state index in [0.29, 0.717) is 95.2 Å². The lowest BCUT2D eigenvalue weighted by molar-refractivity contribution is 0.0470. The molecule has 0 fully saturated rings. The van der Waals surface area contributed by atoms with Gasteiger partial charge in [-0.1, -0.05) is 54.4 Å². The summed E-state index contributed by atoms with van der Waals surface area (Å²) < 4.78 is 0. The maximum absolute atomic E-state index is 14.4. The number of rotatable bonds is 16. The first-order valence-corrected chi connectivity index (χ1v) is 22.0. The Morgan fingerprint density at radius 3 is 1.00 bits per heavy atom. The van der Waals surface area contributed by atoms with Crippen molar-refractivity contribution >= 4 is 68.8 Å². The lowest BCUT2D eigenvalue weighted by Crippen LogP contribution is -2.49. The van der Waals surface area contributed by atoms with Crippen LogP contribution >= 0.6 is 0 Å². The van der Waals surface area contributed by atoms with E-state index in [0.717, 1.165) is 12.8 Å². The van der Waals surface area contributed by atoms with E-state index >= 15 is 0 Å². The van der Waals surface area contributed by atoms with Gasteiger partial charge in [-0.05, 0) is 105 Å². The van der Waals surface area contributed by atoms with Gasteiger partial charge in [-0.2, -0.15) is 0 Å². The minimum Gasteiger partial charge on any atom is -0.274 e. The molecule has 8 amide bonds. The van der Waals surface area contributed by atoms with Crippen LogP contribution in [0, 0.1) is 5.41 Å². The second kappa shape index (κ2) is 15.8. The highest BCUT2D eigenvalue weighted by Crippen LogP contribution is 2.43. The number of unbranched alkanes of at least 4 members (excludes halogenated alkanes) is 1. The van der Waals surface area contributed by atoms with Crippen molar-refractivity contribution < 1.29 is 38.4 Å². The van der Waals surface area contributed by atoms with Crippen LogP contribution in [0.4, 0.5) is 0 Å². The topological polar surface area (TPSA) is 150 Å². The number of carbonyl (C=O) groups excluding carboxylic acids is 8. The molecule has 316 valence electrons. The van der Waals surface area contributed by atoms with E-state index in [4.69, 9.17) is 0 Å². The van der Waals surface area contributed by atoms with Crippen molar-refractivity contribution in [2.24, 2.45) is 5.41 Å². The van der Waals surface area contributed by atoms with Crippen LogP contribution in [-0.4, -0.2) is 92.0 Å². The standard InChI is InChI=1S/C49H52N4O8/c1-7-13-23-49(12-6,26-51-43(56)31-17-21-35-40-36(22-18-32(38(31)40)44(51)57)48(61)53(47(35)60)28(10-4)11-5)24-14-25-50-41(54)29-15-19-33-39-34(20-16-30(37(29)39)42(50)55)46(59)52(45(33)58)27(8-2)9-3/h15-22,27-28H,7-14,23-26H2,1-6H3. The molecule has 0 saturated heterocycles. The summed E-state index contributed by atoms with van der Waals surface area (Å²) in [6, 6.07) is 12.2. The summed E-state index contributed by atoms with van der Waals surface area (Å²) in [5.74, 6) is -3.69. The van der Waals surface area contributed by atoms with Crippen molar-refractivity contribution in [2.45, 2.75) is 118 Å². The summed E-state index contributed by atoms with van der Waals surface area (Å²) in [6.07, 6.45) is 6.33. The molecular weight excluding hydrogens is 773 g/mol. The van der Waals surface area contributed by atoms with Gasteiger partial charge in [0.15, 0.2) is 0 Å². The highest BCUT2D eigenvalue weighted by Gasteiger charge is 2.45. The molecule has 0 N–H and O–H groups in total. The molecule has 0 bridgehead atoms. The number of benzene rings is 4. The number of hydrogen-bond donors (Lipinski definition) is 0. The molecule has 0 radical (unpaired) electrons. The number of amides is 8. The van der Waals surface area contributed by atoms with E-state index in [9.17, 15) is 38.4 Å². The van der Waals surface area contributed by atoms with Gasteiger partial charge in [-0.15, -0.1) is 0 Å². The van der Waals surface area contributed by atoms with E-state index < -0.39 is 52.7 Å². The van der Waals surface area contributed by atoms with Crippen LogP contribution in [0.3, 0.4) is 0 Å². The van der Waals surface area contributed by atoms with Crippen LogP contribution in [-0.2, 0) is 0 Å². The smallest absolute Gasteiger partial charge is 0.261 e. The summed E-state index contributed by atoms with van der Waals surface area (Å²) >= 11 is 0. The minimum absolute atomic E-state index is 0.0852. The quantitative estimate of drug-likeness (QED) is 0.102. The van der Waals surface area contributed by atoms with Crippen molar-refractivity contribution in [3.05, 3.63) is 93.0 Å². The Morgan fingerprint density at radius 2 is 0.705 bits per heavy atom. The minimum atomic E-state index is -0.549. The third-order valence-electron chi connectivity index (χ3n) is 14.0. The molecular formula is C49H52N4O8. The molecule has 1 unspecified atom stereocenters. The third kappa shape index (κ3) is 6.15. The molecule has 12 nitrogen and oxygen atoms in total. The van der Waals surface area contributed by atoms with Gasteiger partial charge in [0, 0.05) is 91.2 Å². The largest absolute Gasteiger partial charge is 0.274 e. The van der Waals surface area contributed by atoms with Crippen molar-refractivity contribution in [3.63, 3.8) is 0 Å².